The lowest BCUT2D eigenvalue weighted by molar-refractivity contribution is 0.415. The Morgan fingerprint density at radius 2 is 2.12 bits per heavy atom. The van der Waals surface area contributed by atoms with Gasteiger partial charge in [-0.3, -0.25) is 4.72 Å². The van der Waals surface area contributed by atoms with Crippen molar-refractivity contribution in [1.82, 2.24) is 0 Å². The number of rotatable bonds is 6. The molecule has 0 aliphatic heterocycles. The van der Waals surface area contributed by atoms with Crippen molar-refractivity contribution >= 4 is 31.6 Å². The molecule has 0 unspecified atom stereocenters. The van der Waals surface area contributed by atoms with Crippen LogP contribution in [0.2, 0.25) is 0 Å². The van der Waals surface area contributed by atoms with Crippen molar-refractivity contribution in [2.24, 2.45) is 0 Å². The molecule has 0 spiro atoms. The second kappa shape index (κ2) is 6.26. The summed E-state index contributed by atoms with van der Waals surface area (Å²) in [6.45, 7) is 1.96. The fourth-order valence-corrected chi connectivity index (χ4v) is 3.01. The number of anilines is 1. The Balaban J connectivity index is 2.87. The summed E-state index contributed by atoms with van der Waals surface area (Å²) in [6, 6.07) is 5.15. The number of hydrogen-bond acceptors (Lipinski definition) is 3. The van der Waals surface area contributed by atoms with E-state index in [1.165, 1.54) is 0 Å². The first-order chi connectivity index (χ1) is 7.98. The molecule has 0 amide bonds. The van der Waals surface area contributed by atoms with Crippen molar-refractivity contribution in [2.45, 2.75) is 19.8 Å². The molecule has 0 heterocycles. The van der Waals surface area contributed by atoms with Gasteiger partial charge in [0.15, 0.2) is 0 Å². The van der Waals surface area contributed by atoms with Gasteiger partial charge < -0.3 is 4.74 Å². The lowest BCUT2D eigenvalue weighted by Crippen LogP contribution is -2.16. The van der Waals surface area contributed by atoms with Gasteiger partial charge in [0.25, 0.3) is 0 Å². The molecule has 1 rings (SSSR count). The minimum atomic E-state index is -3.28. The highest BCUT2D eigenvalue weighted by molar-refractivity contribution is 9.10. The Morgan fingerprint density at radius 3 is 2.71 bits per heavy atom. The number of methoxy groups -OCH3 is 1. The van der Waals surface area contributed by atoms with Crippen LogP contribution in [0.3, 0.4) is 0 Å². The zero-order valence-corrected chi connectivity index (χ0v) is 12.3. The second-order valence-corrected chi connectivity index (χ2v) is 6.32. The highest BCUT2D eigenvalue weighted by Gasteiger charge is 2.12. The minimum absolute atomic E-state index is 0.132. The van der Waals surface area contributed by atoms with E-state index in [-0.39, 0.29) is 5.75 Å². The van der Waals surface area contributed by atoms with Crippen molar-refractivity contribution < 1.29 is 13.2 Å². The average molecular weight is 322 g/mol. The number of hydrogen-bond donors (Lipinski definition) is 1. The first-order valence-corrected chi connectivity index (χ1v) is 7.77. The van der Waals surface area contributed by atoms with E-state index in [1.807, 2.05) is 6.92 Å². The number of halogens is 1. The molecule has 0 fully saturated rings. The third-order valence-corrected chi connectivity index (χ3v) is 4.25. The predicted molar refractivity (Wildman–Crippen MR) is 73.0 cm³/mol. The molecule has 6 heteroatoms. The van der Waals surface area contributed by atoms with E-state index in [4.69, 9.17) is 4.74 Å². The molecule has 0 bridgehead atoms. The van der Waals surface area contributed by atoms with Crippen LogP contribution in [0.4, 0.5) is 5.69 Å². The summed E-state index contributed by atoms with van der Waals surface area (Å²) in [6.07, 6.45) is 1.50. The van der Waals surface area contributed by atoms with Crippen LogP contribution in [-0.4, -0.2) is 21.3 Å². The molecule has 0 aliphatic carbocycles. The van der Waals surface area contributed by atoms with Gasteiger partial charge in [-0.05, 0) is 34.5 Å². The molecule has 0 saturated carbocycles. The van der Waals surface area contributed by atoms with E-state index in [2.05, 4.69) is 20.7 Å². The van der Waals surface area contributed by atoms with Crippen molar-refractivity contribution in [3.05, 3.63) is 22.7 Å². The standard InChI is InChI=1S/C11H16BrNO3S/c1-3-4-7-17(14,15)13-11-8-9(16-2)5-6-10(11)12/h5-6,8,13H,3-4,7H2,1-2H3. The Hall–Kier alpha value is -0.750. The first kappa shape index (κ1) is 14.3. The number of benzene rings is 1. The maximum Gasteiger partial charge on any atom is 0.232 e. The van der Waals surface area contributed by atoms with Crippen molar-refractivity contribution in [2.75, 3.05) is 17.6 Å². The lowest BCUT2D eigenvalue weighted by atomic mass is 10.3. The highest BCUT2D eigenvalue weighted by Crippen LogP contribution is 2.28. The van der Waals surface area contributed by atoms with E-state index in [0.717, 1.165) is 6.42 Å². The number of ether oxygens (including phenoxy) is 1. The average Bonchev–Trinajstić information content (AvgIpc) is 2.29. The lowest BCUT2D eigenvalue weighted by Gasteiger charge is -2.10. The summed E-state index contributed by atoms with van der Waals surface area (Å²) < 4.78 is 31.8. The van der Waals surface area contributed by atoms with Gasteiger partial charge in [-0.2, -0.15) is 0 Å². The SMILES string of the molecule is CCCCS(=O)(=O)Nc1cc(OC)ccc1Br. The molecule has 0 atom stereocenters. The molecule has 0 saturated heterocycles. The largest absolute Gasteiger partial charge is 0.497 e. The van der Waals surface area contributed by atoms with Gasteiger partial charge in [0, 0.05) is 10.5 Å². The topological polar surface area (TPSA) is 55.4 Å². The Kier molecular flexibility index (Phi) is 5.27. The predicted octanol–water partition coefficient (Wildman–Crippen LogP) is 3.00. The summed E-state index contributed by atoms with van der Waals surface area (Å²) in [5, 5.41) is 0. The number of unbranched alkanes of at least 4 members (excludes halogenated alkanes) is 1. The van der Waals surface area contributed by atoms with Gasteiger partial charge in [-0.1, -0.05) is 13.3 Å². The molecular weight excluding hydrogens is 306 g/mol. The first-order valence-electron chi connectivity index (χ1n) is 5.32. The van der Waals surface area contributed by atoms with E-state index >= 15 is 0 Å². The normalized spacial score (nSPS) is 11.2. The van der Waals surface area contributed by atoms with Gasteiger partial charge in [0.2, 0.25) is 10.0 Å². The van der Waals surface area contributed by atoms with Crippen LogP contribution in [-0.2, 0) is 10.0 Å². The van der Waals surface area contributed by atoms with Crippen LogP contribution in [0.25, 0.3) is 0 Å². The second-order valence-electron chi connectivity index (χ2n) is 3.62. The maximum absolute atomic E-state index is 11.7. The van der Waals surface area contributed by atoms with E-state index < -0.39 is 10.0 Å². The fourth-order valence-electron chi connectivity index (χ4n) is 1.26. The molecule has 17 heavy (non-hydrogen) atoms. The molecule has 96 valence electrons. The third-order valence-electron chi connectivity index (χ3n) is 2.21. The smallest absolute Gasteiger partial charge is 0.232 e. The van der Waals surface area contributed by atoms with Crippen LogP contribution in [0.5, 0.6) is 5.75 Å². The van der Waals surface area contributed by atoms with Gasteiger partial charge >= 0.3 is 0 Å². The number of nitrogens with one attached hydrogen (secondary N) is 1. The molecule has 1 aromatic rings. The van der Waals surface area contributed by atoms with Crippen LogP contribution in [0, 0.1) is 0 Å². The van der Waals surface area contributed by atoms with Gasteiger partial charge in [0.1, 0.15) is 5.75 Å². The van der Waals surface area contributed by atoms with Crippen LogP contribution in [0.15, 0.2) is 22.7 Å². The zero-order chi connectivity index (χ0) is 12.9. The highest BCUT2D eigenvalue weighted by atomic mass is 79.9. The van der Waals surface area contributed by atoms with Gasteiger partial charge in [-0.25, -0.2) is 8.42 Å². The van der Waals surface area contributed by atoms with Crippen molar-refractivity contribution in [3.63, 3.8) is 0 Å². The quantitative estimate of drug-likeness (QED) is 0.876. The molecule has 4 nitrogen and oxygen atoms in total. The fraction of sp³-hybridized carbons (Fsp3) is 0.455. The summed E-state index contributed by atoms with van der Waals surface area (Å²) in [5.41, 5.74) is 0.500. The van der Waals surface area contributed by atoms with Gasteiger partial charge in [-0.15, -0.1) is 0 Å². The number of sulfonamides is 1. The van der Waals surface area contributed by atoms with Crippen molar-refractivity contribution in [3.8, 4) is 5.75 Å². The molecule has 0 radical (unpaired) electrons. The van der Waals surface area contributed by atoms with Crippen LogP contribution >= 0.6 is 15.9 Å². The molecule has 1 aromatic carbocycles. The van der Waals surface area contributed by atoms with Crippen LogP contribution in [0.1, 0.15) is 19.8 Å². The zero-order valence-electron chi connectivity index (χ0n) is 9.86. The summed E-state index contributed by atoms with van der Waals surface area (Å²) in [4.78, 5) is 0. The molecule has 0 aromatic heterocycles. The Labute approximate surface area is 111 Å². The van der Waals surface area contributed by atoms with E-state index in [0.29, 0.717) is 22.3 Å². The Morgan fingerprint density at radius 1 is 1.41 bits per heavy atom. The molecule has 0 aliphatic rings. The van der Waals surface area contributed by atoms with Crippen LogP contribution < -0.4 is 9.46 Å². The maximum atomic E-state index is 11.7. The monoisotopic (exact) mass is 321 g/mol. The molecular formula is C11H16BrNO3S. The van der Waals surface area contributed by atoms with Gasteiger partial charge in [0.05, 0.1) is 18.6 Å². The summed E-state index contributed by atoms with van der Waals surface area (Å²) in [5.74, 6) is 0.744. The van der Waals surface area contributed by atoms with Crippen molar-refractivity contribution in [1.29, 1.82) is 0 Å². The third kappa shape index (κ3) is 4.55. The Bertz CT molecular complexity index is 474. The summed E-state index contributed by atoms with van der Waals surface area (Å²) >= 11 is 3.30. The molecule has 1 N–H and O–H groups in total. The van der Waals surface area contributed by atoms with E-state index in [1.54, 1.807) is 25.3 Å². The van der Waals surface area contributed by atoms with E-state index in [9.17, 15) is 8.42 Å². The summed E-state index contributed by atoms with van der Waals surface area (Å²) in [7, 11) is -1.74. The minimum Gasteiger partial charge on any atom is -0.497 e.